The number of rotatable bonds is 5. The number of nitrogens with one attached hydrogen (secondary N) is 1. The van der Waals surface area contributed by atoms with Crippen LogP contribution in [0.1, 0.15) is 27.0 Å². The molecule has 0 aliphatic carbocycles. The number of carbonyl (C=O) groups excluding carboxylic acids is 1. The highest BCUT2D eigenvalue weighted by Gasteiger charge is 2.12. The number of amides is 1. The first kappa shape index (κ1) is 18.4. The van der Waals surface area contributed by atoms with Gasteiger partial charge in [0.2, 0.25) is 5.88 Å². The third-order valence-electron chi connectivity index (χ3n) is 4.26. The summed E-state index contributed by atoms with van der Waals surface area (Å²) in [5.41, 5.74) is 2.85. The molecular weight excluding hydrogens is 342 g/mol. The van der Waals surface area contributed by atoms with E-state index in [1.54, 1.807) is 31.6 Å². The number of aryl methyl sites for hydroxylation is 3. The van der Waals surface area contributed by atoms with Crippen LogP contribution >= 0.6 is 0 Å². The summed E-state index contributed by atoms with van der Waals surface area (Å²) in [6.45, 7) is 4.19. The highest BCUT2D eigenvalue weighted by Crippen LogP contribution is 2.29. The van der Waals surface area contributed by atoms with Crippen LogP contribution in [0.5, 0.6) is 11.6 Å². The van der Waals surface area contributed by atoms with E-state index >= 15 is 0 Å². The first-order valence-electron chi connectivity index (χ1n) is 8.58. The average Bonchev–Trinajstić information content (AvgIpc) is 2.66. The molecule has 0 atom stereocenters. The Labute approximate surface area is 157 Å². The fraction of sp³-hybridized carbons (Fsp3) is 0.190. The molecule has 0 spiro atoms. The average molecular weight is 363 g/mol. The number of ether oxygens (including phenoxy) is 1. The molecule has 0 bridgehead atoms. The Morgan fingerprint density at radius 3 is 2.59 bits per heavy atom. The number of pyridine rings is 2. The number of carbonyl (C=O) groups is 1. The first-order chi connectivity index (χ1) is 13.0. The van der Waals surface area contributed by atoms with Crippen molar-refractivity contribution in [3.63, 3.8) is 0 Å². The Balaban J connectivity index is 1.77. The predicted octanol–water partition coefficient (Wildman–Crippen LogP) is 3.12. The number of hydrogen-bond donors (Lipinski definition) is 1. The second-order valence-corrected chi connectivity index (χ2v) is 6.34. The van der Waals surface area contributed by atoms with Crippen molar-refractivity contribution < 1.29 is 9.53 Å². The lowest BCUT2D eigenvalue weighted by Gasteiger charge is -2.14. The maximum Gasteiger partial charge on any atom is 0.251 e. The monoisotopic (exact) mass is 363 g/mol. The van der Waals surface area contributed by atoms with Crippen molar-refractivity contribution in [3.05, 3.63) is 87.5 Å². The molecule has 3 aromatic rings. The topological polar surface area (TPSA) is 73.2 Å². The maximum absolute atomic E-state index is 12.3. The minimum atomic E-state index is -0.324. The van der Waals surface area contributed by atoms with Crippen LogP contribution in [-0.4, -0.2) is 15.5 Å². The van der Waals surface area contributed by atoms with Crippen molar-refractivity contribution in [1.29, 1.82) is 0 Å². The van der Waals surface area contributed by atoms with Gasteiger partial charge in [0.05, 0.1) is 0 Å². The molecule has 1 aromatic carbocycles. The Kier molecular flexibility index (Phi) is 5.35. The van der Waals surface area contributed by atoms with Crippen LogP contribution in [0.3, 0.4) is 0 Å². The summed E-state index contributed by atoms with van der Waals surface area (Å²) in [6.07, 6.45) is 3.21. The highest BCUT2D eigenvalue weighted by molar-refractivity contribution is 5.93. The number of benzene rings is 1. The summed E-state index contributed by atoms with van der Waals surface area (Å²) in [7, 11) is 1.64. The molecule has 1 amide bonds. The van der Waals surface area contributed by atoms with Gasteiger partial charge in [-0.05, 0) is 37.1 Å². The van der Waals surface area contributed by atoms with Gasteiger partial charge in [-0.25, -0.2) is 4.98 Å². The largest absolute Gasteiger partial charge is 0.438 e. The molecular formula is C21H21N3O3. The summed E-state index contributed by atoms with van der Waals surface area (Å²) in [6, 6.07) is 12.5. The Bertz CT molecular complexity index is 1020. The zero-order valence-corrected chi connectivity index (χ0v) is 15.5. The second kappa shape index (κ2) is 7.86. The third-order valence-corrected chi connectivity index (χ3v) is 4.26. The van der Waals surface area contributed by atoms with E-state index in [2.05, 4.69) is 10.3 Å². The van der Waals surface area contributed by atoms with Crippen LogP contribution in [0.15, 0.2) is 59.7 Å². The summed E-state index contributed by atoms with van der Waals surface area (Å²) < 4.78 is 7.44. The van der Waals surface area contributed by atoms with Crippen LogP contribution < -0.4 is 15.6 Å². The molecule has 3 rings (SSSR count). The van der Waals surface area contributed by atoms with Crippen molar-refractivity contribution in [2.75, 3.05) is 0 Å². The van der Waals surface area contributed by atoms with Gasteiger partial charge < -0.3 is 14.6 Å². The van der Waals surface area contributed by atoms with Gasteiger partial charge in [-0.15, -0.1) is 0 Å². The van der Waals surface area contributed by atoms with E-state index in [-0.39, 0.29) is 18.0 Å². The fourth-order valence-corrected chi connectivity index (χ4v) is 2.67. The fourth-order valence-electron chi connectivity index (χ4n) is 2.67. The summed E-state index contributed by atoms with van der Waals surface area (Å²) in [4.78, 5) is 28.3. The quantitative estimate of drug-likeness (QED) is 0.756. The number of aromatic nitrogens is 2. The minimum Gasteiger partial charge on any atom is -0.438 e. The molecule has 6 heteroatoms. The van der Waals surface area contributed by atoms with Crippen molar-refractivity contribution in [1.82, 2.24) is 14.9 Å². The van der Waals surface area contributed by atoms with Crippen molar-refractivity contribution in [2.24, 2.45) is 7.05 Å². The molecule has 0 aliphatic heterocycles. The molecule has 27 heavy (non-hydrogen) atoms. The van der Waals surface area contributed by atoms with Gasteiger partial charge in [-0.3, -0.25) is 9.59 Å². The van der Waals surface area contributed by atoms with E-state index in [0.717, 1.165) is 22.4 Å². The summed E-state index contributed by atoms with van der Waals surface area (Å²) in [5, 5.41) is 2.81. The van der Waals surface area contributed by atoms with E-state index in [0.29, 0.717) is 11.4 Å². The first-order valence-corrected chi connectivity index (χ1v) is 8.58. The third kappa shape index (κ3) is 4.23. The molecule has 1 N–H and O–H groups in total. The standard InChI is InChI=1S/C21H21N3O3/c1-14-6-4-7-15(2)19(14)27-21-17(8-5-10-22-21)13-23-20(26)16-9-11-24(3)18(25)12-16/h4-12H,13H2,1-3H3,(H,23,26). The van der Waals surface area contributed by atoms with Crippen LogP contribution in [0, 0.1) is 13.8 Å². The lowest BCUT2D eigenvalue weighted by Crippen LogP contribution is -2.26. The molecule has 2 heterocycles. The number of hydrogen-bond acceptors (Lipinski definition) is 4. The SMILES string of the molecule is Cc1cccc(C)c1Oc1ncccc1CNC(=O)c1ccn(C)c(=O)c1. The van der Waals surface area contributed by atoms with E-state index in [4.69, 9.17) is 4.74 Å². The molecule has 138 valence electrons. The Morgan fingerprint density at radius 1 is 1.15 bits per heavy atom. The van der Waals surface area contributed by atoms with Gasteiger partial charge in [-0.1, -0.05) is 24.3 Å². The van der Waals surface area contributed by atoms with Gasteiger partial charge in [0.25, 0.3) is 11.5 Å². The Morgan fingerprint density at radius 2 is 1.89 bits per heavy atom. The normalized spacial score (nSPS) is 10.5. The van der Waals surface area contributed by atoms with Gasteiger partial charge in [0.15, 0.2) is 0 Å². The Hall–Kier alpha value is -3.41. The van der Waals surface area contributed by atoms with Crippen molar-refractivity contribution >= 4 is 5.91 Å². The van der Waals surface area contributed by atoms with Crippen LogP contribution in [0.4, 0.5) is 0 Å². The number of para-hydroxylation sites is 1. The molecule has 2 aromatic heterocycles. The molecule has 0 radical (unpaired) electrons. The van der Waals surface area contributed by atoms with E-state index in [1.807, 2.05) is 38.1 Å². The lowest BCUT2D eigenvalue weighted by atomic mass is 10.1. The molecule has 0 aliphatic rings. The van der Waals surface area contributed by atoms with Gasteiger partial charge >= 0.3 is 0 Å². The summed E-state index contributed by atoms with van der Waals surface area (Å²) >= 11 is 0. The van der Waals surface area contributed by atoms with Crippen LogP contribution in [-0.2, 0) is 13.6 Å². The minimum absolute atomic E-state index is 0.233. The van der Waals surface area contributed by atoms with Crippen LogP contribution in [0.2, 0.25) is 0 Å². The van der Waals surface area contributed by atoms with E-state index < -0.39 is 0 Å². The van der Waals surface area contributed by atoms with Gasteiger partial charge in [-0.2, -0.15) is 0 Å². The van der Waals surface area contributed by atoms with Crippen molar-refractivity contribution in [2.45, 2.75) is 20.4 Å². The predicted molar refractivity (Wildman–Crippen MR) is 103 cm³/mol. The molecule has 6 nitrogen and oxygen atoms in total. The molecule has 0 fully saturated rings. The number of nitrogens with zero attached hydrogens (tertiary/aromatic N) is 2. The highest BCUT2D eigenvalue weighted by atomic mass is 16.5. The van der Waals surface area contributed by atoms with E-state index in [1.165, 1.54) is 10.6 Å². The van der Waals surface area contributed by atoms with Crippen LogP contribution in [0.25, 0.3) is 0 Å². The zero-order valence-electron chi connectivity index (χ0n) is 15.5. The smallest absolute Gasteiger partial charge is 0.251 e. The summed E-state index contributed by atoms with van der Waals surface area (Å²) in [5.74, 6) is 0.879. The second-order valence-electron chi connectivity index (χ2n) is 6.34. The van der Waals surface area contributed by atoms with E-state index in [9.17, 15) is 9.59 Å². The van der Waals surface area contributed by atoms with Gasteiger partial charge in [0, 0.05) is 43.2 Å². The zero-order chi connectivity index (χ0) is 19.4. The van der Waals surface area contributed by atoms with Gasteiger partial charge in [0.1, 0.15) is 5.75 Å². The lowest BCUT2D eigenvalue weighted by molar-refractivity contribution is 0.0950. The van der Waals surface area contributed by atoms with Crippen molar-refractivity contribution in [3.8, 4) is 11.6 Å². The molecule has 0 saturated carbocycles. The maximum atomic E-state index is 12.3. The molecule has 0 unspecified atom stereocenters. The molecule has 0 saturated heterocycles.